The van der Waals surface area contributed by atoms with Gasteiger partial charge in [0.25, 0.3) is 0 Å². The number of hydrogen-bond acceptors (Lipinski definition) is 6. The van der Waals surface area contributed by atoms with Gasteiger partial charge in [0.15, 0.2) is 0 Å². The predicted molar refractivity (Wildman–Crippen MR) is 122 cm³/mol. The fourth-order valence-electron chi connectivity index (χ4n) is 5.35. The van der Waals surface area contributed by atoms with Gasteiger partial charge in [-0.2, -0.15) is 5.10 Å². The smallest absolute Gasteiger partial charge is 0.226 e. The van der Waals surface area contributed by atoms with E-state index < -0.39 is 0 Å². The van der Waals surface area contributed by atoms with Crippen molar-refractivity contribution in [1.29, 1.82) is 0 Å². The number of anilines is 1. The average molecular weight is 437 g/mol. The van der Waals surface area contributed by atoms with Crippen LogP contribution in [0.25, 0.3) is 11.3 Å². The Morgan fingerprint density at radius 2 is 2.00 bits per heavy atom. The van der Waals surface area contributed by atoms with Crippen molar-refractivity contribution in [3.05, 3.63) is 36.3 Å². The lowest BCUT2D eigenvalue weighted by Gasteiger charge is -2.30. The molecule has 170 valence electrons. The SMILES string of the molecule is O=C(C1CC=CCC1)N1CCCC1c1c(-c2ccnc(N3CCCC3)n2)cnn1CCO. The lowest BCUT2D eigenvalue weighted by Crippen LogP contribution is -2.37. The minimum Gasteiger partial charge on any atom is -0.394 e. The molecule has 2 fully saturated rings. The number of rotatable bonds is 6. The van der Waals surface area contributed by atoms with Crippen LogP contribution in [0.15, 0.2) is 30.6 Å². The molecule has 8 nitrogen and oxygen atoms in total. The Kier molecular flexibility index (Phi) is 6.21. The summed E-state index contributed by atoms with van der Waals surface area (Å²) >= 11 is 0. The van der Waals surface area contributed by atoms with E-state index in [1.807, 2.05) is 23.1 Å². The fraction of sp³-hybridized carbons (Fsp3) is 0.583. The molecule has 0 saturated carbocycles. The topological polar surface area (TPSA) is 87.4 Å². The van der Waals surface area contributed by atoms with Crippen molar-refractivity contribution in [2.45, 2.75) is 57.5 Å². The Morgan fingerprint density at radius 1 is 1.12 bits per heavy atom. The first-order valence-electron chi connectivity index (χ1n) is 12.0. The monoisotopic (exact) mass is 436 g/mol. The molecule has 2 atom stereocenters. The largest absolute Gasteiger partial charge is 0.394 e. The van der Waals surface area contributed by atoms with Gasteiger partial charge in [-0.25, -0.2) is 9.97 Å². The van der Waals surface area contributed by atoms with Crippen LogP contribution >= 0.6 is 0 Å². The molecule has 2 saturated heterocycles. The van der Waals surface area contributed by atoms with Crippen molar-refractivity contribution >= 4 is 11.9 Å². The molecular formula is C24H32N6O2. The zero-order valence-corrected chi connectivity index (χ0v) is 18.6. The second-order valence-electron chi connectivity index (χ2n) is 9.00. The Labute approximate surface area is 189 Å². The molecule has 0 spiro atoms. The maximum atomic E-state index is 13.4. The minimum atomic E-state index is -0.0392. The van der Waals surface area contributed by atoms with E-state index in [1.165, 1.54) is 12.8 Å². The van der Waals surface area contributed by atoms with Crippen molar-refractivity contribution in [3.8, 4) is 11.3 Å². The van der Waals surface area contributed by atoms with Gasteiger partial charge in [0.1, 0.15) is 0 Å². The van der Waals surface area contributed by atoms with E-state index in [2.05, 4.69) is 32.0 Å². The van der Waals surface area contributed by atoms with Crippen LogP contribution in [0.5, 0.6) is 0 Å². The Morgan fingerprint density at radius 3 is 2.78 bits per heavy atom. The molecule has 0 radical (unpaired) electrons. The fourth-order valence-corrected chi connectivity index (χ4v) is 5.35. The van der Waals surface area contributed by atoms with Gasteiger partial charge in [0, 0.05) is 37.3 Å². The van der Waals surface area contributed by atoms with Crippen molar-refractivity contribution in [2.24, 2.45) is 5.92 Å². The van der Waals surface area contributed by atoms with E-state index in [0.717, 1.165) is 74.6 Å². The van der Waals surface area contributed by atoms with Crippen LogP contribution in [0, 0.1) is 5.92 Å². The molecule has 2 aromatic heterocycles. The number of allylic oxidation sites excluding steroid dienone is 2. The molecule has 32 heavy (non-hydrogen) atoms. The summed E-state index contributed by atoms with van der Waals surface area (Å²) in [6, 6.07) is 1.89. The molecule has 2 aromatic rings. The molecule has 1 N–H and O–H groups in total. The molecule has 2 aliphatic heterocycles. The van der Waals surface area contributed by atoms with Crippen molar-refractivity contribution in [3.63, 3.8) is 0 Å². The average Bonchev–Trinajstić information content (AvgIpc) is 3.60. The number of carbonyl (C=O) groups excluding carboxylic acids is 1. The van der Waals surface area contributed by atoms with Crippen molar-refractivity contribution in [2.75, 3.05) is 31.1 Å². The summed E-state index contributed by atoms with van der Waals surface area (Å²) in [6.45, 7) is 3.16. The number of hydrogen-bond donors (Lipinski definition) is 1. The highest BCUT2D eigenvalue weighted by Crippen LogP contribution is 2.39. The van der Waals surface area contributed by atoms with Crippen LogP contribution in [0.1, 0.15) is 56.7 Å². The number of aromatic nitrogens is 4. The zero-order valence-electron chi connectivity index (χ0n) is 18.6. The third kappa shape index (κ3) is 4.03. The first-order valence-corrected chi connectivity index (χ1v) is 12.0. The molecule has 5 rings (SSSR count). The number of aliphatic hydroxyl groups is 1. The zero-order chi connectivity index (χ0) is 21.9. The second kappa shape index (κ2) is 9.40. The highest BCUT2D eigenvalue weighted by molar-refractivity contribution is 5.80. The first-order chi connectivity index (χ1) is 15.8. The van der Waals surface area contributed by atoms with Crippen molar-refractivity contribution < 1.29 is 9.90 Å². The summed E-state index contributed by atoms with van der Waals surface area (Å²) in [5, 5.41) is 14.2. The maximum Gasteiger partial charge on any atom is 0.226 e. The summed E-state index contributed by atoms with van der Waals surface area (Å²) < 4.78 is 1.87. The standard InChI is InChI=1S/C24H32N6O2/c31-16-15-30-22(21-9-6-14-29(21)23(32)18-7-2-1-3-8-18)19(17-26-30)20-10-11-25-24(27-20)28-12-4-5-13-28/h1-2,10-11,17-18,21,31H,3-9,12-16H2. The third-order valence-electron chi connectivity index (χ3n) is 6.97. The molecule has 8 heteroatoms. The predicted octanol–water partition coefficient (Wildman–Crippen LogP) is 2.95. The van der Waals surface area contributed by atoms with Crippen LogP contribution in [0.2, 0.25) is 0 Å². The molecule has 4 heterocycles. The van der Waals surface area contributed by atoms with Gasteiger partial charge in [-0.3, -0.25) is 9.48 Å². The Bertz CT molecular complexity index is 981. The van der Waals surface area contributed by atoms with Gasteiger partial charge in [0.2, 0.25) is 11.9 Å². The highest BCUT2D eigenvalue weighted by atomic mass is 16.3. The Hall–Kier alpha value is -2.74. The van der Waals surface area contributed by atoms with Crippen LogP contribution in [0.4, 0.5) is 5.95 Å². The summed E-state index contributed by atoms with van der Waals surface area (Å²) in [5.41, 5.74) is 2.76. The second-order valence-corrected chi connectivity index (χ2v) is 9.00. The maximum absolute atomic E-state index is 13.4. The number of nitrogens with zero attached hydrogens (tertiary/aromatic N) is 6. The molecule has 0 aromatic carbocycles. The first kappa shape index (κ1) is 21.1. The third-order valence-corrected chi connectivity index (χ3v) is 6.97. The van der Waals surface area contributed by atoms with Crippen molar-refractivity contribution in [1.82, 2.24) is 24.6 Å². The van der Waals surface area contributed by atoms with E-state index in [0.29, 0.717) is 6.54 Å². The van der Waals surface area contributed by atoms with E-state index in [1.54, 1.807) is 0 Å². The van der Waals surface area contributed by atoms with Crippen LogP contribution < -0.4 is 4.90 Å². The normalized spacial score (nSPS) is 23.3. The number of amides is 1. The van der Waals surface area contributed by atoms with Gasteiger partial charge in [-0.15, -0.1) is 0 Å². The molecule has 3 aliphatic rings. The summed E-state index contributed by atoms with van der Waals surface area (Å²) in [6.07, 6.45) is 14.9. The van der Waals surface area contributed by atoms with E-state index in [4.69, 9.17) is 4.98 Å². The van der Waals surface area contributed by atoms with Gasteiger partial charge >= 0.3 is 0 Å². The van der Waals surface area contributed by atoms with E-state index in [9.17, 15) is 9.90 Å². The van der Waals surface area contributed by atoms with Crippen LogP contribution in [-0.4, -0.2) is 61.9 Å². The Balaban J connectivity index is 1.49. The quantitative estimate of drug-likeness (QED) is 0.701. The summed E-state index contributed by atoms with van der Waals surface area (Å²) in [7, 11) is 0. The number of aliphatic hydroxyl groups excluding tert-OH is 1. The number of likely N-dealkylation sites (tertiary alicyclic amines) is 1. The summed E-state index contributed by atoms with van der Waals surface area (Å²) in [4.78, 5) is 27.1. The van der Waals surface area contributed by atoms with Crippen LogP contribution in [0.3, 0.4) is 0 Å². The summed E-state index contributed by atoms with van der Waals surface area (Å²) in [5.74, 6) is 1.08. The van der Waals surface area contributed by atoms with Gasteiger partial charge in [-0.05, 0) is 51.0 Å². The van der Waals surface area contributed by atoms with Gasteiger partial charge < -0.3 is 14.9 Å². The molecule has 1 amide bonds. The minimum absolute atomic E-state index is 0.00497. The lowest BCUT2D eigenvalue weighted by atomic mass is 9.92. The van der Waals surface area contributed by atoms with E-state index in [-0.39, 0.29) is 24.5 Å². The molecule has 1 aliphatic carbocycles. The molecule has 2 unspecified atom stereocenters. The molecule has 0 bridgehead atoms. The van der Waals surface area contributed by atoms with E-state index >= 15 is 0 Å². The lowest BCUT2D eigenvalue weighted by molar-refractivity contribution is -0.136. The molecular weight excluding hydrogens is 404 g/mol. The highest BCUT2D eigenvalue weighted by Gasteiger charge is 2.37. The number of carbonyl (C=O) groups is 1. The van der Waals surface area contributed by atoms with Gasteiger partial charge in [-0.1, -0.05) is 12.2 Å². The van der Waals surface area contributed by atoms with Crippen LogP contribution in [-0.2, 0) is 11.3 Å². The van der Waals surface area contributed by atoms with Gasteiger partial charge in [0.05, 0.1) is 36.8 Å².